The van der Waals surface area contributed by atoms with E-state index in [0.29, 0.717) is 18.4 Å². The lowest BCUT2D eigenvalue weighted by Crippen LogP contribution is -2.47. The van der Waals surface area contributed by atoms with Crippen molar-refractivity contribution >= 4 is 17.7 Å². The van der Waals surface area contributed by atoms with Crippen LogP contribution in [0.1, 0.15) is 52.4 Å². The monoisotopic (exact) mass is 294 g/mol. The highest BCUT2D eigenvalue weighted by Crippen LogP contribution is 2.43. The van der Waals surface area contributed by atoms with Gasteiger partial charge in [-0.1, -0.05) is 12.8 Å². The molecular weight excluding hydrogens is 272 g/mol. The Balaban J connectivity index is 2.38. The predicted molar refractivity (Wildman–Crippen MR) is 75.4 cm³/mol. The molecule has 0 amide bonds. The van der Waals surface area contributed by atoms with Crippen molar-refractivity contribution in [2.45, 2.75) is 58.5 Å². The average molecular weight is 294 g/mol. The first-order chi connectivity index (χ1) is 9.99. The summed E-state index contributed by atoms with van der Waals surface area (Å²) < 4.78 is 10.4. The van der Waals surface area contributed by atoms with Crippen molar-refractivity contribution in [1.82, 2.24) is 0 Å². The van der Waals surface area contributed by atoms with Gasteiger partial charge in [0.15, 0.2) is 5.78 Å². The number of esters is 2. The summed E-state index contributed by atoms with van der Waals surface area (Å²) in [6, 6.07) is 0. The number of rotatable bonds is 3. The third-order valence-electron chi connectivity index (χ3n) is 4.20. The molecule has 0 aromatic rings. The molecule has 0 heterocycles. The molecular formula is C16H22O5. The van der Waals surface area contributed by atoms with Crippen LogP contribution in [-0.2, 0) is 23.9 Å². The zero-order valence-electron chi connectivity index (χ0n) is 12.6. The van der Waals surface area contributed by atoms with Gasteiger partial charge in [0.05, 0.1) is 6.61 Å². The number of carbonyl (C=O) groups is 3. The van der Waals surface area contributed by atoms with Crippen molar-refractivity contribution in [1.29, 1.82) is 0 Å². The summed E-state index contributed by atoms with van der Waals surface area (Å²) in [5.74, 6) is -1.01. The van der Waals surface area contributed by atoms with Gasteiger partial charge in [-0.2, -0.15) is 0 Å². The highest BCUT2D eigenvalue weighted by Gasteiger charge is 2.52. The molecule has 2 aliphatic rings. The van der Waals surface area contributed by atoms with Gasteiger partial charge in [-0.05, 0) is 37.8 Å². The molecule has 116 valence electrons. The van der Waals surface area contributed by atoms with Crippen molar-refractivity contribution in [3.63, 3.8) is 0 Å². The van der Waals surface area contributed by atoms with E-state index in [1.54, 1.807) is 13.0 Å². The van der Waals surface area contributed by atoms with Crippen LogP contribution in [-0.4, -0.2) is 30.4 Å². The first-order valence-corrected chi connectivity index (χ1v) is 7.59. The lowest BCUT2D eigenvalue weighted by molar-refractivity contribution is -0.166. The minimum absolute atomic E-state index is 0.135. The van der Waals surface area contributed by atoms with E-state index in [4.69, 9.17) is 9.47 Å². The van der Waals surface area contributed by atoms with Gasteiger partial charge in [0.25, 0.3) is 0 Å². The third kappa shape index (κ3) is 3.17. The molecule has 1 saturated carbocycles. The van der Waals surface area contributed by atoms with Gasteiger partial charge in [0.2, 0.25) is 0 Å². The van der Waals surface area contributed by atoms with Crippen molar-refractivity contribution in [3.05, 3.63) is 11.6 Å². The molecule has 2 rings (SSSR count). The number of ketones is 1. The molecule has 0 N–H and O–H groups in total. The Hall–Kier alpha value is -1.65. The van der Waals surface area contributed by atoms with E-state index in [2.05, 4.69) is 0 Å². The Bertz CT molecular complexity index is 479. The van der Waals surface area contributed by atoms with Gasteiger partial charge >= 0.3 is 11.9 Å². The molecule has 0 saturated heterocycles. The summed E-state index contributed by atoms with van der Waals surface area (Å²) >= 11 is 0. The fraction of sp³-hybridized carbons (Fsp3) is 0.688. The highest BCUT2D eigenvalue weighted by molar-refractivity contribution is 6.13. The number of hydrogen-bond acceptors (Lipinski definition) is 5. The molecule has 2 bridgehead atoms. The molecule has 0 aromatic carbocycles. The van der Waals surface area contributed by atoms with Crippen LogP contribution in [0.3, 0.4) is 0 Å². The van der Waals surface area contributed by atoms with E-state index in [0.717, 1.165) is 19.3 Å². The van der Waals surface area contributed by atoms with Crippen LogP contribution in [0.5, 0.6) is 0 Å². The molecule has 2 aliphatic carbocycles. The summed E-state index contributed by atoms with van der Waals surface area (Å²) in [4.78, 5) is 36.4. The molecule has 0 aliphatic heterocycles. The zero-order chi connectivity index (χ0) is 15.5. The smallest absolute Gasteiger partial charge is 0.320 e. The molecule has 0 radical (unpaired) electrons. The minimum atomic E-state index is -1.17. The summed E-state index contributed by atoms with van der Waals surface area (Å²) in [6.07, 6.45) is 5.23. The number of fused-ring (bicyclic) bond motifs is 2. The van der Waals surface area contributed by atoms with Crippen molar-refractivity contribution in [3.8, 4) is 0 Å². The molecule has 5 heteroatoms. The zero-order valence-corrected chi connectivity index (χ0v) is 12.6. The van der Waals surface area contributed by atoms with Crippen LogP contribution in [0.2, 0.25) is 0 Å². The van der Waals surface area contributed by atoms with Gasteiger partial charge in [0.1, 0.15) is 11.5 Å². The second-order valence-electron chi connectivity index (χ2n) is 5.74. The topological polar surface area (TPSA) is 69.7 Å². The minimum Gasteiger partial charge on any atom is -0.465 e. The van der Waals surface area contributed by atoms with E-state index in [9.17, 15) is 14.4 Å². The average Bonchev–Trinajstić information content (AvgIpc) is 2.42. The normalized spacial score (nSPS) is 29.0. The molecule has 2 atom stereocenters. The van der Waals surface area contributed by atoms with E-state index < -0.39 is 23.5 Å². The van der Waals surface area contributed by atoms with Crippen LogP contribution in [0.4, 0.5) is 0 Å². The SMILES string of the molecule is CCOC(=O)[C@]12CCCCCC(=C[C@@H](OC(C)=O)C1)C2=O. The maximum absolute atomic E-state index is 12.7. The maximum atomic E-state index is 12.7. The van der Waals surface area contributed by atoms with E-state index in [1.807, 2.05) is 0 Å². The summed E-state index contributed by atoms with van der Waals surface area (Å²) in [5, 5.41) is 0. The summed E-state index contributed by atoms with van der Waals surface area (Å²) in [6.45, 7) is 3.30. The molecule has 0 spiro atoms. The van der Waals surface area contributed by atoms with E-state index in [-0.39, 0.29) is 18.8 Å². The van der Waals surface area contributed by atoms with Gasteiger partial charge < -0.3 is 9.47 Å². The quantitative estimate of drug-likeness (QED) is 0.590. The number of carbonyl (C=O) groups excluding carboxylic acids is 3. The van der Waals surface area contributed by atoms with Crippen LogP contribution in [0, 0.1) is 5.41 Å². The Labute approximate surface area is 124 Å². The van der Waals surface area contributed by atoms with Gasteiger partial charge in [-0.15, -0.1) is 0 Å². The van der Waals surface area contributed by atoms with Crippen molar-refractivity contribution < 1.29 is 23.9 Å². The van der Waals surface area contributed by atoms with Crippen molar-refractivity contribution in [2.24, 2.45) is 5.41 Å². The standard InChI is InChI=1S/C16H22O5/c1-3-20-15(19)16-8-6-4-5-7-12(14(16)18)9-13(10-16)21-11(2)17/h9,13H,3-8,10H2,1-2H3/t13-,16-/m1/s1. The Morgan fingerprint density at radius 1 is 1.33 bits per heavy atom. The van der Waals surface area contributed by atoms with E-state index >= 15 is 0 Å². The molecule has 21 heavy (non-hydrogen) atoms. The van der Waals surface area contributed by atoms with Crippen LogP contribution < -0.4 is 0 Å². The van der Waals surface area contributed by atoms with Gasteiger partial charge in [-0.25, -0.2) is 0 Å². The second-order valence-corrected chi connectivity index (χ2v) is 5.74. The summed E-state index contributed by atoms with van der Waals surface area (Å²) in [5.41, 5.74) is -0.555. The van der Waals surface area contributed by atoms with Crippen molar-refractivity contribution in [2.75, 3.05) is 6.61 Å². The van der Waals surface area contributed by atoms with Crippen LogP contribution in [0.15, 0.2) is 11.6 Å². The summed E-state index contributed by atoms with van der Waals surface area (Å²) in [7, 11) is 0. The lowest BCUT2D eigenvalue weighted by Gasteiger charge is -2.37. The highest BCUT2D eigenvalue weighted by atomic mass is 16.5. The van der Waals surface area contributed by atoms with Crippen LogP contribution >= 0.6 is 0 Å². The number of hydrogen-bond donors (Lipinski definition) is 0. The molecule has 0 aromatic heterocycles. The lowest BCUT2D eigenvalue weighted by atomic mass is 9.66. The largest absolute Gasteiger partial charge is 0.465 e. The maximum Gasteiger partial charge on any atom is 0.320 e. The first kappa shape index (κ1) is 15.7. The van der Waals surface area contributed by atoms with Gasteiger partial charge in [-0.3, -0.25) is 14.4 Å². The second kappa shape index (κ2) is 6.41. The third-order valence-corrected chi connectivity index (χ3v) is 4.20. The number of Topliss-reactive ketones (excluding diaryl/α,β-unsaturated/α-hetero) is 1. The predicted octanol–water partition coefficient (Wildman–Crippen LogP) is 2.33. The van der Waals surface area contributed by atoms with E-state index in [1.165, 1.54) is 6.92 Å². The number of ether oxygens (including phenoxy) is 2. The van der Waals surface area contributed by atoms with Crippen LogP contribution in [0.25, 0.3) is 0 Å². The molecule has 5 nitrogen and oxygen atoms in total. The van der Waals surface area contributed by atoms with Gasteiger partial charge in [0, 0.05) is 13.3 Å². The molecule has 1 fully saturated rings. The Morgan fingerprint density at radius 2 is 2.10 bits per heavy atom. The molecule has 0 unspecified atom stereocenters. The Morgan fingerprint density at radius 3 is 2.76 bits per heavy atom. The first-order valence-electron chi connectivity index (χ1n) is 7.59. The fourth-order valence-corrected chi connectivity index (χ4v) is 3.27. The fourth-order valence-electron chi connectivity index (χ4n) is 3.27. The Kier molecular flexibility index (Phi) is 4.80. The number of allylic oxidation sites excluding steroid dienone is 1.